The fraction of sp³-hybridized carbons (Fsp3) is 0.500. The molecule has 1 aliphatic rings. The average molecular weight is 303 g/mol. The Balaban J connectivity index is 1.84. The van der Waals surface area contributed by atoms with Crippen LogP contribution in [-0.2, 0) is 4.74 Å². The summed E-state index contributed by atoms with van der Waals surface area (Å²) in [6.45, 7) is 2.96. The molecule has 22 heavy (non-hydrogen) atoms. The number of ether oxygens (including phenoxy) is 3. The van der Waals surface area contributed by atoms with E-state index >= 15 is 0 Å². The van der Waals surface area contributed by atoms with E-state index in [2.05, 4.69) is 15.3 Å². The van der Waals surface area contributed by atoms with Crippen LogP contribution >= 0.6 is 0 Å². The summed E-state index contributed by atoms with van der Waals surface area (Å²) in [6, 6.07) is 3.79. The summed E-state index contributed by atoms with van der Waals surface area (Å²) < 4.78 is 16.8. The first-order valence-corrected chi connectivity index (χ1v) is 7.50. The maximum Gasteiger partial charge on any atom is 0.162 e. The Morgan fingerprint density at radius 2 is 2.00 bits per heavy atom. The van der Waals surface area contributed by atoms with Gasteiger partial charge in [0.25, 0.3) is 0 Å². The molecule has 1 aliphatic carbocycles. The predicted octanol–water partition coefficient (Wildman–Crippen LogP) is 2.55. The van der Waals surface area contributed by atoms with Gasteiger partial charge in [0.05, 0.1) is 25.3 Å². The molecular formula is C16H21N3O3. The van der Waals surface area contributed by atoms with E-state index in [4.69, 9.17) is 14.2 Å². The van der Waals surface area contributed by atoms with E-state index in [1.165, 1.54) is 12.8 Å². The van der Waals surface area contributed by atoms with Crippen LogP contribution in [0, 0.1) is 6.92 Å². The first kappa shape index (κ1) is 14.8. The van der Waals surface area contributed by atoms with E-state index in [0.29, 0.717) is 36.6 Å². The Labute approximate surface area is 129 Å². The lowest BCUT2D eigenvalue weighted by Crippen LogP contribution is -2.08. The molecule has 1 saturated carbocycles. The topological polar surface area (TPSA) is 65.5 Å². The van der Waals surface area contributed by atoms with Gasteiger partial charge in [-0.1, -0.05) is 0 Å². The first-order chi connectivity index (χ1) is 10.7. The van der Waals surface area contributed by atoms with Gasteiger partial charge in [-0.3, -0.25) is 0 Å². The molecule has 3 rings (SSSR count). The summed E-state index contributed by atoms with van der Waals surface area (Å²) in [7, 11) is 3.47. The number of aromatic nitrogens is 2. The number of hydrogen-bond donors (Lipinski definition) is 1. The number of hydrogen-bond acceptors (Lipinski definition) is 6. The lowest BCUT2D eigenvalue weighted by atomic mass is 10.2. The van der Waals surface area contributed by atoms with Gasteiger partial charge in [-0.05, 0) is 25.8 Å². The van der Waals surface area contributed by atoms with Crippen molar-refractivity contribution in [2.75, 3.05) is 32.7 Å². The van der Waals surface area contributed by atoms with E-state index in [-0.39, 0.29) is 0 Å². The van der Waals surface area contributed by atoms with Gasteiger partial charge in [-0.15, -0.1) is 0 Å². The minimum Gasteiger partial charge on any atom is -0.493 e. The molecule has 1 fully saturated rings. The predicted molar refractivity (Wildman–Crippen MR) is 84.8 cm³/mol. The second-order valence-corrected chi connectivity index (χ2v) is 5.31. The van der Waals surface area contributed by atoms with Crippen LogP contribution in [0.3, 0.4) is 0 Å². The summed E-state index contributed by atoms with van der Waals surface area (Å²) in [5.74, 6) is 2.84. The monoisotopic (exact) mass is 303 g/mol. The Morgan fingerprint density at radius 1 is 1.18 bits per heavy atom. The molecule has 0 saturated heterocycles. The maximum atomic E-state index is 5.81. The molecule has 0 radical (unpaired) electrons. The molecule has 0 aliphatic heterocycles. The van der Waals surface area contributed by atoms with Gasteiger partial charge in [0.15, 0.2) is 11.5 Å². The summed E-state index contributed by atoms with van der Waals surface area (Å²) in [5.41, 5.74) is 0.829. The van der Waals surface area contributed by atoms with Crippen molar-refractivity contribution in [2.24, 2.45) is 0 Å². The van der Waals surface area contributed by atoms with Crippen LogP contribution < -0.4 is 14.8 Å². The Morgan fingerprint density at radius 3 is 2.68 bits per heavy atom. The van der Waals surface area contributed by atoms with Crippen molar-refractivity contribution in [3.8, 4) is 11.5 Å². The van der Waals surface area contributed by atoms with Crippen molar-refractivity contribution in [1.82, 2.24) is 9.97 Å². The van der Waals surface area contributed by atoms with E-state index in [1.807, 2.05) is 26.1 Å². The fourth-order valence-corrected chi connectivity index (χ4v) is 2.32. The van der Waals surface area contributed by atoms with Gasteiger partial charge in [-0.2, -0.15) is 0 Å². The molecule has 0 atom stereocenters. The molecule has 1 aromatic carbocycles. The summed E-state index contributed by atoms with van der Waals surface area (Å²) in [5, 5.41) is 4.00. The molecule has 0 unspecified atom stereocenters. The molecule has 1 heterocycles. The van der Waals surface area contributed by atoms with Crippen molar-refractivity contribution < 1.29 is 14.2 Å². The smallest absolute Gasteiger partial charge is 0.162 e. The minimum atomic E-state index is 0.439. The third-order valence-corrected chi connectivity index (χ3v) is 3.55. The van der Waals surface area contributed by atoms with Crippen molar-refractivity contribution >= 4 is 16.7 Å². The molecule has 118 valence electrons. The summed E-state index contributed by atoms with van der Waals surface area (Å²) in [4.78, 5) is 8.85. The van der Waals surface area contributed by atoms with E-state index in [9.17, 15) is 0 Å². The van der Waals surface area contributed by atoms with Crippen molar-refractivity contribution in [2.45, 2.75) is 25.9 Å². The third kappa shape index (κ3) is 3.22. The van der Waals surface area contributed by atoms with Gasteiger partial charge in [0, 0.05) is 18.5 Å². The molecule has 1 aromatic heterocycles. The number of anilines is 1. The number of nitrogens with one attached hydrogen (secondary N) is 1. The second-order valence-electron chi connectivity index (χ2n) is 5.31. The van der Waals surface area contributed by atoms with E-state index in [0.717, 1.165) is 16.7 Å². The number of methoxy groups -OCH3 is 1. The molecule has 0 spiro atoms. The quantitative estimate of drug-likeness (QED) is 0.793. The molecule has 6 heteroatoms. The summed E-state index contributed by atoms with van der Waals surface area (Å²) in [6.07, 6.45) is 2.78. The zero-order valence-corrected chi connectivity index (χ0v) is 13.2. The summed E-state index contributed by atoms with van der Waals surface area (Å²) >= 11 is 0. The first-order valence-electron chi connectivity index (χ1n) is 7.50. The molecular weight excluding hydrogens is 282 g/mol. The Bertz CT molecular complexity index is 671. The largest absolute Gasteiger partial charge is 0.493 e. The van der Waals surface area contributed by atoms with Gasteiger partial charge in [0.1, 0.15) is 18.2 Å². The zero-order chi connectivity index (χ0) is 15.5. The molecule has 0 amide bonds. The van der Waals surface area contributed by atoms with Crippen LogP contribution in [0.2, 0.25) is 0 Å². The van der Waals surface area contributed by atoms with Crippen LogP contribution in [0.4, 0.5) is 5.82 Å². The highest BCUT2D eigenvalue weighted by Gasteiger charge is 2.21. The molecule has 0 bridgehead atoms. The standard InChI is InChI=1S/C16H21N3O3/c1-10-18-13-9-14(20-3)15(8-12(13)16(17-2)19-10)22-7-6-21-11-4-5-11/h8-9,11H,4-7H2,1-3H3,(H,17,18,19). The number of rotatable bonds is 7. The highest BCUT2D eigenvalue weighted by atomic mass is 16.5. The van der Waals surface area contributed by atoms with Crippen LogP contribution in [0.1, 0.15) is 18.7 Å². The lowest BCUT2D eigenvalue weighted by molar-refractivity contribution is 0.0872. The number of fused-ring (bicyclic) bond motifs is 1. The average Bonchev–Trinajstić information content (AvgIpc) is 3.34. The van der Waals surface area contributed by atoms with Crippen LogP contribution in [0.5, 0.6) is 11.5 Å². The highest BCUT2D eigenvalue weighted by molar-refractivity contribution is 5.91. The van der Waals surface area contributed by atoms with Gasteiger partial charge in [0.2, 0.25) is 0 Å². The normalized spacial score (nSPS) is 14.1. The van der Waals surface area contributed by atoms with Crippen LogP contribution in [0.15, 0.2) is 12.1 Å². The number of benzene rings is 1. The van der Waals surface area contributed by atoms with Gasteiger partial charge in [-0.25, -0.2) is 9.97 Å². The van der Waals surface area contributed by atoms with Gasteiger partial charge >= 0.3 is 0 Å². The molecule has 1 N–H and O–H groups in total. The van der Waals surface area contributed by atoms with Crippen molar-refractivity contribution in [1.29, 1.82) is 0 Å². The minimum absolute atomic E-state index is 0.439. The fourth-order valence-electron chi connectivity index (χ4n) is 2.32. The number of nitrogens with zero attached hydrogens (tertiary/aromatic N) is 2. The van der Waals surface area contributed by atoms with E-state index in [1.54, 1.807) is 7.11 Å². The van der Waals surface area contributed by atoms with Crippen molar-refractivity contribution in [3.63, 3.8) is 0 Å². The lowest BCUT2D eigenvalue weighted by Gasteiger charge is -2.13. The Hall–Kier alpha value is -2.08. The SMILES string of the molecule is CNc1nc(C)nc2cc(OC)c(OCCOC3CC3)cc12. The van der Waals surface area contributed by atoms with Crippen molar-refractivity contribution in [3.05, 3.63) is 18.0 Å². The zero-order valence-electron chi connectivity index (χ0n) is 13.2. The second kappa shape index (κ2) is 6.36. The van der Waals surface area contributed by atoms with Gasteiger partial charge < -0.3 is 19.5 Å². The molecule has 2 aromatic rings. The highest BCUT2D eigenvalue weighted by Crippen LogP contribution is 2.34. The molecule has 6 nitrogen and oxygen atoms in total. The number of aryl methyl sites for hydroxylation is 1. The van der Waals surface area contributed by atoms with E-state index < -0.39 is 0 Å². The van der Waals surface area contributed by atoms with Crippen LogP contribution in [0.25, 0.3) is 10.9 Å². The third-order valence-electron chi connectivity index (χ3n) is 3.55. The maximum absolute atomic E-state index is 5.81. The van der Waals surface area contributed by atoms with Crippen LogP contribution in [-0.4, -0.2) is 43.4 Å². The Kier molecular flexibility index (Phi) is 4.29.